The fourth-order valence-corrected chi connectivity index (χ4v) is 1.76. The van der Waals surface area contributed by atoms with Crippen LogP contribution in [0.25, 0.3) is 11.4 Å². The maximum Gasteiger partial charge on any atom is 0.316 e. The largest absolute Gasteiger partial charge is 0.493 e. The number of ether oxygens (including phenoxy) is 2. The van der Waals surface area contributed by atoms with Gasteiger partial charge in [0.2, 0.25) is 5.82 Å². The van der Waals surface area contributed by atoms with Gasteiger partial charge in [-0.05, 0) is 24.6 Å². The van der Waals surface area contributed by atoms with Crippen molar-refractivity contribution in [3.05, 3.63) is 24.1 Å². The second-order valence-electron chi connectivity index (χ2n) is 4.33. The van der Waals surface area contributed by atoms with E-state index in [0.29, 0.717) is 30.0 Å². The Bertz CT molecular complexity index is 641. The second kappa shape index (κ2) is 7.41. The zero-order chi connectivity index (χ0) is 15.9. The molecule has 2 rings (SSSR count). The topological polar surface area (TPSA) is 107 Å². The highest BCUT2D eigenvalue weighted by molar-refractivity contribution is 5.89. The summed E-state index contributed by atoms with van der Waals surface area (Å²) in [5.74, 6) is 0.763. The summed E-state index contributed by atoms with van der Waals surface area (Å²) < 4.78 is 15.3. The van der Waals surface area contributed by atoms with Gasteiger partial charge in [-0.3, -0.25) is 4.79 Å². The number of methoxy groups -OCH3 is 2. The SMILES string of the molecule is COc1ccc(-c2noc(C(=O)NCCCO)n2)cc1OC. The van der Waals surface area contributed by atoms with Crippen LogP contribution >= 0.6 is 0 Å². The molecule has 0 aliphatic heterocycles. The van der Waals surface area contributed by atoms with E-state index in [1.165, 1.54) is 7.11 Å². The van der Waals surface area contributed by atoms with Crippen molar-refractivity contribution < 1.29 is 23.9 Å². The minimum absolute atomic E-state index is 0.000998. The van der Waals surface area contributed by atoms with E-state index >= 15 is 0 Å². The molecule has 0 saturated heterocycles. The number of nitrogens with one attached hydrogen (secondary N) is 1. The molecule has 8 nitrogen and oxygen atoms in total. The molecule has 1 aromatic carbocycles. The van der Waals surface area contributed by atoms with Crippen LogP contribution in [0.4, 0.5) is 0 Å². The van der Waals surface area contributed by atoms with Crippen molar-refractivity contribution in [2.24, 2.45) is 0 Å². The number of hydrogen-bond acceptors (Lipinski definition) is 7. The molecule has 2 N–H and O–H groups in total. The summed E-state index contributed by atoms with van der Waals surface area (Å²) in [7, 11) is 3.07. The van der Waals surface area contributed by atoms with E-state index < -0.39 is 5.91 Å². The molecular weight excluding hydrogens is 290 g/mol. The van der Waals surface area contributed by atoms with Gasteiger partial charge in [-0.1, -0.05) is 5.16 Å². The van der Waals surface area contributed by atoms with Crippen LogP contribution in [0.1, 0.15) is 17.1 Å². The molecule has 0 radical (unpaired) electrons. The highest BCUT2D eigenvalue weighted by Gasteiger charge is 2.16. The first-order valence-corrected chi connectivity index (χ1v) is 6.64. The number of carbonyl (C=O) groups is 1. The molecule has 22 heavy (non-hydrogen) atoms. The van der Waals surface area contributed by atoms with Gasteiger partial charge in [0.05, 0.1) is 14.2 Å². The summed E-state index contributed by atoms with van der Waals surface area (Å²) >= 11 is 0. The highest BCUT2D eigenvalue weighted by Crippen LogP contribution is 2.31. The fraction of sp³-hybridized carbons (Fsp3) is 0.357. The molecule has 1 aromatic heterocycles. The molecular formula is C14H17N3O5. The predicted octanol–water partition coefficient (Wildman–Crippen LogP) is 0.866. The van der Waals surface area contributed by atoms with Gasteiger partial charge >= 0.3 is 11.8 Å². The minimum atomic E-state index is -0.479. The van der Waals surface area contributed by atoms with Crippen molar-refractivity contribution in [3.8, 4) is 22.9 Å². The van der Waals surface area contributed by atoms with Crippen molar-refractivity contribution in [1.82, 2.24) is 15.5 Å². The standard InChI is InChI=1S/C14H17N3O5/c1-20-10-5-4-9(8-11(10)21-2)12-16-14(22-17-12)13(19)15-6-3-7-18/h4-5,8,18H,3,6-7H2,1-2H3,(H,15,19). The maximum atomic E-state index is 11.8. The van der Waals surface area contributed by atoms with E-state index in [1.807, 2.05) is 0 Å². The molecule has 0 aliphatic rings. The number of rotatable bonds is 7. The summed E-state index contributed by atoms with van der Waals surface area (Å²) in [4.78, 5) is 15.8. The molecule has 2 aromatic rings. The van der Waals surface area contributed by atoms with Crippen LogP contribution in [0.3, 0.4) is 0 Å². The lowest BCUT2D eigenvalue weighted by atomic mass is 10.2. The molecule has 0 spiro atoms. The Balaban J connectivity index is 2.15. The van der Waals surface area contributed by atoms with E-state index in [2.05, 4.69) is 15.5 Å². The Morgan fingerprint density at radius 2 is 2.09 bits per heavy atom. The molecule has 8 heteroatoms. The first-order chi connectivity index (χ1) is 10.7. The summed E-state index contributed by atoms with van der Waals surface area (Å²) in [5.41, 5.74) is 0.635. The van der Waals surface area contributed by atoms with Crippen molar-refractivity contribution in [1.29, 1.82) is 0 Å². The number of benzene rings is 1. The van der Waals surface area contributed by atoms with E-state index in [1.54, 1.807) is 25.3 Å². The number of amides is 1. The van der Waals surface area contributed by atoms with Crippen molar-refractivity contribution in [2.45, 2.75) is 6.42 Å². The molecule has 1 amide bonds. The van der Waals surface area contributed by atoms with Gasteiger partial charge in [0.1, 0.15) is 0 Å². The van der Waals surface area contributed by atoms with Crippen LogP contribution in [0, 0.1) is 0 Å². The lowest BCUT2D eigenvalue weighted by Gasteiger charge is -2.07. The summed E-state index contributed by atoms with van der Waals surface area (Å²) in [6, 6.07) is 5.14. The van der Waals surface area contributed by atoms with Crippen molar-refractivity contribution in [3.63, 3.8) is 0 Å². The Kier molecular flexibility index (Phi) is 5.31. The van der Waals surface area contributed by atoms with Crippen LogP contribution < -0.4 is 14.8 Å². The quantitative estimate of drug-likeness (QED) is 0.731. The molecule has 0 aliphatic carbocycles. The lowest BCUT2D eigenvalue weighted by molar-refractivity contribution is 0.0907. The van der Waals surface area contributed by atoms with Crippen molar-refractivity contribution in [2.75, 3.05) is 27.4 Å². The predicted molar refractivity (Wildman–Crippen MR) is 76.9 cm³/mol. The average molecular weight is 307 g/mol. The van der Waals surface area contributed by atoms with Crippen molar-refractivity contribution >= 4 is 5.91 Å². The smallest absolute Gasteiger partial charge is 0.316 e. The molecule has 0 bridgehead atoms. The number of aliphatic hydroxyl groups excluding tert-OH is 1. The third-order valence-corrected chi connectivity index (χ3v) is 2.88. The zero-order valence-electron chi connectivity index (χ0n) is 12.3. The zero-order valence-corrected chi connectivity index (χ0v) is 12.3. The van der Waals surface area contributed by atoms with E-state index in [9.17, 15) is 4.79 Å². The maximum absolute atomic E-state index is 11.8. The Morgan fingerprint density at radius 3 is 2.77 bits per heavy atom. The van der Waals surface area contributed by atoms with Crippen LogP contribution in [-0.4, -0.2) is 48.5 Å². The normalized spacial score (nSPS) is 10.3. The number of aliphatic hydroxyl groups is 1. The van der Waals surface area contributed by atoms with Gasteiger partial charge in [0, 0.05) is 18.7 Å². The number of nitrogens with zero attached hydrogens (tertiary/aromatic N) is 2. The van der Waals surface area contributed by atoms with Crippen LogP contribution in [0.15, 0.2) is 22.7 Å². The molecule has 118 valence electrons. The van der Waals surface area contributed by atoms with E-state index in [-0.39, 0.29) is 18.3 Å². The highest BCUT2D eigenvalue weighted by atomic mass is 16.5. The average Bonchev–Trinajstić information content (AvgIpc) is 3.04. The van der Waals surface area contributed by atoms with E-state index in [0.717, 1.165) is 0 Å². The minimum Gasteiger partial charge on any atom is -0.493 e. The molecule has 0 unspecified atom stereocenters. The van der Waals surface area contributed by atoms with Gasteiger partial charge in [-0.25, -0.2) is 0 Å². The summed E-state index contributed by atoms with van der Waals surface area (Å²) in [6.45, 7) is 0.338. The Labute approximate surface area is 127 Å². The van der Waals surface area contributed by atoms with Gasteiger partial charge in [0.25, 0.3) is 0 Å². The van der Waals surface area contributed by atoms with Gasteiger partial charge < -0.3 is 24.4 Å². The van der Waals surface area contributed by atoms with Crippen LogP contribution in [-0.2, 0) is 0 Å². The Morgan fingerprint density at radius 1 is 1.32 bits per heavy atom. The monoisotopic (exact) mass is 307 g/mol. The molecule has 0 fully saturated rings. The van der Waals surface area contributed by atoms with Gasteiger partial charge in [-0.15, -0.1) is 0 Å². The molecule has 1 heterocycles. The number of hydrogen-bond donors (Lipinski definition) is 2. The third kappa shape index (κ3) is 3.53. The number of aromatic nitrogens is 2. The first-order valence-electron chi connectivity index (χ1n) is 6.64. The van der Waals surface area contributed by atoms with Gasteiger partial charge in [0.15, 0.2) is 11.5 Å². The van der Waals surface area contributed by atoms with E-state index in [4.69, 9.17) is 19.1 Å². The Hall–Kier alpha value is -2.61. The molecule has 0 saturated carbocycles. The van der Waals surface area contributed by atoms with Gasteiger partial charge in [-0.2, -0.15) is 4.98 Å². The molecule has 0 atom stereocenters. The number of carbonyl (C=O) groups excluding carboxylic acids is 1. The van der Waals surface area contributed by atoms with Crippen LogP contribution in [0.5, 0.6) is 11.5 Å². The summed E-state index contributed by atoms with van der Waals surface area (Å²) in [5, 5.41) is 15.0. The first kappa shape index (κ1) is 15.8. The third-order valence-electron chi connectivity index (χ3n) is 2.88. The fourth-order valence-electron chi connectivity index (χ4n) is 1.76. The lowest BCUT2D eigenvalue weighted by Crippen LogP contribution is -2.25. The summed E-state index contributed by atoms with van der Waals surface area (Å²) in [6.07, 6.45) is 0.461. The second-order valence-corrected chi connectivity index (χ2v) is 4.33. The van der Waals surface area contributed by atoms with Crippen LogP contribution in [0.2, 0.25) is 0 Å².